The van der Waals surface area contributed by atoms with Crippen molar-refractivity contribution in [3.63, 3.8) is 0 Å². The second kappa shape index (κ2) is 7.62. The van der Waals surface area contributed by atoms with E-state index in [1.165, 1.54) is 17.5 Å². The molecule has 1 aliphatic rings. The highest BCUT2D eigenvalue weighted by atomic mass is 16.2. The molecule has 0 heterocycles. The Kier molecular flexibility index (Phi) is 4.88. The van der Waals surface area contributed by atoms with E-state index in [1.807, 2.05) is 48.5 Å². The number of anilines is 1. The van der Waals surface area contributed by atoms with E-state index in [0.717, 1.165) is 29.3 Å². The minimum atomic E-state index is -0.161. The zero-order chi connectivity index (χ0) is 18.6. The summed E-state index contributed by atoms with van der Waals surface area (Å²) in [6.45, 7) is 0.308. The number of carbonyl (C=O) groups is 2. The van der Waals surface area contributed by atoms with Crippen LogP contribution >= 0.6 is 0 Å². The molecule has 0 aliphatic heterocycles. The summed E-state index contributed by atoms with van der Waals surface area (Å²) >= 11 is 0. The fraction of sp³-hybridized carbons (Fsp3) is 0.217. The van der Waals surface area contributed by atoms with Gasteiger partial charge in [-0.1, -0.05) is 36.4 Å². The second-order valence-corrected chi connectivity index (χ2v) is 6.95. The lowest BCUT2D eigenvalue weighted by Crippen LogP contribution is -2.27. The molecule has 2 N–H and O–H groups in total. The summed E-state index contributed by atoms with van der Waals surface area (Å²) in [4.78, 5) is 24.5. The van der Waals surface area contributed by atoms with Gasteiger partial charge in [0.25, 0.3) is 5.91 Å². The van der Waals surface area contributed by atoms with Crippen LogP contribution in [0.25, 0.3) is 10.8 Å². The van der Waals surface area contributed by atoms with Gasteiger partial charge in [0.15, 0.2) is 0 Å². The van der Waals surface area contributed by atoms with Gasteiger partial charge in [-0.3, -0.25) is 9.59 Å². The van der Waals surface area contributed by atoms with Crippen molar-refractivity contribution in [1.82, 2.24) is 5.32 Å². The molecule has 4 heteroatoms. The van der Waals surface area contributed by atoms with Gasteiger partial charge >= 0.3 is 0 Å². The Labute approximate surface area is 158 Å². The Morgan fingerprint density at radius 1 is 0.852 bits per heavy atom. The van der Waals surface area contributed by atoms with Gasteiger partial charge in [-0.25, -0.2) is 0 Å². The van der Waals surface area contributed by atoms with Crippen LogP contribution < -0.4 is 10.6 Å². The third kappa shape index (κ3) is 4.00. The molecule has 3 aromatic carbocycles. The molecule has 0 radical (unpaired) electrons. The SMILES string of the molecule is O=C(CCNC(=O)c1ccc2ccccc2c1)Nc1ccc2c(c1)CCC2. The molecule has 0 bridgehead atoms. The van der Waals surface area contributed by atoms with E-state index in [1.54, 1.807) is 0 Å². The van der Waals surface area contributed by atoms with Crippen LogP contribution in [0.1, 0.15) is 34.3 Å². The van der Waals surface area contributed by atoms with Crippen molar-refractivity contribution < 1.29 is 9.59 Å². The topological polar surface area (TPSA) is 58.2 Å². The molecular weight excluding hydrogens is 336 g/mol. The Balaban J connectivity index is 1.29. The first kappa shape index (κ1) is 17.3. The van der Waals surface area contributed by atoms with Crippen LogP contribution in [0.3, 0.4) is 0 Å². The third-order valence-electron chi connectivity index (χ3n) is 5.03. The first-order chi connectivity index (χ1) is 13.2. The maximum Gasteiger partial charge on any atom is 0.251 e. The van der Waals surface area contributed by atoms with Gasteiger partial charge in [0.1, 0.15) is 0 Å². The van der Waals surface area contributed by atoms with Gasteiger partial charge in [-0.2, -0.15) is 0 Å². The fourth-order valence-corrected chi connectivity index (χ4v) is 3.60. The first-order valence-electron chi connectivity index (χ1n) is 9.38. The van der Waals surface area contributed by atoms with Gasteiger partial charge < -0.3 is 10.6 Å². The summed E-state index contributed by atoms with van der Waals surface area (Å²) in [5.74, 6) is -0.252. The van der Waals surface area contributed by atoms with E-state index in [0.29, 0.717) is 12.1 Å². The lowest BCUT2D eigenvalue weighted by Gasteiger charge is -2.09. The van der Waals surface area contributed by atoms with Gasteiger partial charge in [0, 0.05) is 24.2 Å². The molecule has 3 aromatic rings. The van der Waals surface area contributed by atoms with Crippen LogP contribution in [0.4, 0.5) is 5.69 Å². The zero-order valence-electron chi connectivity index (χ0n) is 15.1. The molecule has 0 fully saturated rings. The first-order valence-corrected chi connectivity index (χ1v) is 9.38. The van der Waals surface area contributed by atoms with Crippen LogP contribution in [-0.2, 0) is 17.6 Å². The molecule has 27 heavy (non-hydrogen) atoms. The predicted molar refractivity (Wildman–Crippen MR) is 108 cm³/mol. The summed E-state index contributed by atoms with van der Waals surface area (Å²) in [5, 5.41) is 7.87. The molecular formula is C23H22N2O2. The van der Waals surface area contributed by atoms with Crippen LogP contribution in [0, 0.1) is 0 Å². The highest BCUT2D eigenvalue weighted by Gasteiger charge is 2.12. The van der Waals surface area contributed by atoms with E-state index < -0.39 is 0 Å². The van der Waals surface area contributed by atoms with E-state index in [4.69, 9.17) is 0 Å². The van der Waals surface area contributed by atoms with Crippen molar-refractivity contribution in [2.24, 2.45) is 0 Å². The van der Waals surface area contributed by atoms with Gasteiger partial charge in [-0.05, 0) is 65.4 Å². The number of amides is 2. The lowest BCUT2D eigenvalue weighted by atomic mass is 10.1. The molecule has 0 saturated carbocycles. The number of carbonyl (C=O) groups excluding carboxylic acids is 2. The molecule has 136 valence electrons. The lowest BCUT2D eigenvalue weighted by molar-refractivity contribution is -0.116. The molecule has 4 rings (SSSR count). The number of hydrogen-bond acceptors (Lipinski definition) is 2. The Hall–Kier alpha value is -3.14. The quantitative estimate of drug-likeness (QED) is 0.722. The number of fused-ring (bicyclic) bond motifs is 2. The smallest absolute Gasteiger partial charge is 0.251 e. The highest BCUT2D eigenvalue weighted by molar-refractivity contribution is 5.99. The number of hydrogen-bond donors (Lipinski definition) is 2. The number of aryl methyl sites for hydroxylation is 2. The molecule has 1 aliphatic carbocycles. The minimum Gasteiger partial charge on any atom is -0.352 e. The standard InChI is InChI=1S/C23H22N2O2/c26-22(25-21-11-10-17-6-3-7-19(17)15-21)12-13-24-23(27)20-9-8-16-4-1-2-5-18(16)14-20/h1-2,4-5,8-11,14-15H,3,6-7,12-13H2,(H,24,27)(H,25,26). The summed E-state index contributed by atoms with van der Waals surface area (Å²) in [5.41, 5.74) is 4.15. The van der Waals surface area contributed by atoms with E-state index in [2.05, 4.69) is 22.8 Å². The van der Waals surface area contributed by atoms with Crippen molar-refractivity contribution in [3.8, 4) is 0 Å². The summed E-state index contributed by atoms with van der Waals surface area (Å²) in [6, 6.07) is 19.6. The maximum absolute atomic E-state index is 12.3. The van der Waals surface area contributed by atoms with Crippen molar-refractivity contribution >= 4 is 28.3 Å². The van der Waals surface area contributed by atoms with Crippen molar-refractivity contribution in [3.05, 3.63) is 77.4 Å². The monoisotopic (exact) mass is 358 g/mol. The zero-order valence-corrected chi connectivity index (χ0v) is 15.1. The number of nitrogens with one attached hydrogen (secondary N) is 2. The number of rotatable bonds is 5. The second-order valence-electron chi connectivity index (χ2n) is 6.95. The van der Waals surface area contributed by atoms with Gasteiger partial charge in [0.2, 0.25) is 5.91 Å². The average molecular weight is 358 g/mol. The normalized spacial score (nSPS) is 12.6. The molecule has 0 atom stereocenters. The van der Waals surface area contributed by atoms with E-state index >= 15 is 0 Å². The van der Waals surface area contributed by atoms with Gasteiger partial charge in [-0.15, -0.1) is 0 Å². The number of benzene rings is 3. The summed E-state index contributed by atoms with van der Waals surface area (Å²) in [7, 11) is 0. The van der Waals surface area contributed by atoms with Gasteiger partial charge in [0.05, 0.1) is 0 Å². The van der Waals surface area contributed by atoms with Crippen LogP contribution in [0.2, 0.25) is 0 Å². The van der Waals surface area contributed by atoms with Crippen molar-refractivity contribution in [2.45, 2.75) is 25.7 Å². The van der Waals surface area contributed by atoms with E-state index in [9.17, 15) is 9.59 Å². The predicted octanol–water partition coefficient (Wildman–Crippen LogP) is 4.09. The van der Waals surface area contributed by atoms with E-state index in [-0.39, 0.29) is 18.2 Å². The Bertz CT molecular complexity index is 1010. The summed E-state index contributed by atoms with van der Waals surface area (Å²) in [6.07, 6.45) is 3.65. The minimum absolute atomic E-state index is 0.0910. The molecule has 0 spiro atoms. The Morgan fingerprint density at radius 2 is 1.67 bits per heavy atom. The Morgan fingerprint density at radius 3 is 2.56 bits per heavy atom. The van der Waals surface area contributed by atoms with Crippen LogP contribution in [0.15, 0.2) is 60.7 Å². The summed E-state index contributed by atoms with van der Waals surface area (Å²) < 4.78 is 0. The molecule has 4 nitrogen and oxygen atoms in total. The largest absolute Gasteiger partial charge is 0.352 e. The van der Waals surface area contributed by atoms with Crippen molar-refractivity contribution in [2.75, 3.05) is 11.9 Å². The third-order valence-corrected chi connectivity index (χ3v) is 5.03. The maximum atomic E-state index is 12.3. The molecule has 0 unspecified atom stereocenters. The molecule has 0 aromatic heterocycles. The molecule has 0 saturated heterocycles. The fourth-order valence-electron chi connectivity index (χ4n) is 3.60. The van der Waals surface area contributed by atoms with Crippen LogP contribution in [-0.4, -0.2) is 18.4 Å². The highest BCUT2D eigenvalue weighted by Crippen LogP contribution is 2.24. The molecule has 2 amide bonds. The van der Waals surface area contributed by atoms with Crippen molar-refractivity contribution in [1.29, 1.82) is 0 Å². The average Bonchev–Trinajstić information content (AvgIpc) is 3.15. The van der Waals surface area contributed by atoms with Crippen LogP contribution in [0.5, 0.6) is 0 Å².